The molecule has 92 valence electrons. The van der Waals surface area contributed by atoms with Gasteiger partial charge in [-0.05, 0) is 20.8 Å². The average molecular weight is 280 g/mol. The Bertz CT molecular complexity index is 745. The first-order valence-electron chi connectivity index (χ1n) is 5.38. The summed E-state index contributed by atoms with van der Waals surface area (Å²) >= 11 is 7.68. The van der Waals surface area contributed by atoms with Gasteiger partial charge in [0.25, 0.3) is 0 Å². The zero-order chi connectivity index (χ0) is 12.9. The number of thiazole rings is 1. The lowest BCUT2D eigenvalue weighted by molar-refractivity contribution is 1.00. The highest BCUT2D eigenvalue weighted by molar-refractivity contribution is 7.14. The molecule has 5 nitrogen and oxygen atoms in total. The van der Waals surface area contributed by atoms with Crippen molar-refractivity contribution in [1.29, 1.82) is 0 Å². The highest BCUT2D eigenvalue weighted by atomic mass is 35.5. The lowest BCUT2D eigenvalue weighted by atomic mass is 10.3. The maximum Gasteiger partial charge on any atom is 0.199 e. The molecule has 0 unspecified atom stereocenters. The van der Waals surface area contributed by atoms with Gasteiger partial charge in [0.2, 0.25) is 0 Å². The minimum absolute atomic E-state index is 0.373. The van der Waals surface area contributed by atoms with Crippen LogP contribution >= 0.6 is 22.9 Å². The molecule has 3 heterocycles. The Morgan fingerprint density at radius 1 is 1.22 bits per heavy atom. The third kappa shape index (κ3) is 1.60. The maximum absolute atomic E-state index is 6.09. The first-order chi connectivity index (χ1) is 8.58. The highest BCUT2D eigenvalue weighted by Gasteiger charge is 2.16. The molecule has 7 heteroatoms. The summed E-state index contributed by atoms with van der Waals surface area (Å²) in [7, 11) is 0. The molecule has 0 aliphatic heterocycles. The number of aromatic nitrogens is 5. The molecule has 0 bridgehead atoms. The smallest absolute Gasteiger partial charge is 0.199 e. The van der Waals surface area contributed by atoms with Gasteiger partial charge in [-0.15, -0.1) is 21.5 Å². The second-order valence-corrected chi connectivity index (χ2v) is 5.59. The fraction of sp³-hybridized carbons (Fsp3) is 0.273. The van der Waals surface area contributed by atoms with E-state index >= 15 is 0 Å². The van der Waals surface area contributed by atoms with Crippen LogP contribution in [0.3, 0.4) is 0 Å². The van der Waals surface area contributed by atoms with Crippen LogP contribution in [0.5, 0.6) is 0 Å². The Morgan fingerprint density at radius 2 is 2.00 bits per heavy atom. The van der Waals surface area contributed by atoms with Crippen LogP contribution in [0.2, 0.25) is 5.15 Å². The van der Waals surface area contributed by atoms with Gasteiger partial charge in [-0.25, -0.2) is 9.97 Å². The van der Waals surface area contributed by atoms with Gasteiger partial charge < -0.3 is 0 Å². The minimum Gasteiger partial charge on any atom is -0.274 e. The van der Waals surface area contributed by atoms with Crippen molar-refractivity contribution in [2.75, 3.05) is 0 Å². The molecular formula is C11H10ClN5S. The van der Waals surface area contributed by atoms with Crippen molar-refractivity contribution < 1.29 is 0 Å². The molecule has 0 aliphatic rings. The highest BCUT2D eigenvalue weighted by Crippen LogP contribution is 2.27. The molecule has 3 aromatic rings. The molecule has 0 saturated heterocycles. The summed E-state index contributed by atoms with van der Waals surface area (Å²) in [5.41, 5.74) is 2.44. The van der Waals surface area contributed by atoms with Gasteiger partial charge in [0.05, 0.1) is 15.6 Å². The maximum atomic E-state index is 6.09. The monoisotopic (exact) mass is 279 g/mol. The number of fused-ring (bicyclic) bond motifs is 1. The number of nitrogens with zero attached hydrogens (tertiary/aromatic N) is 5. The van der Waals surface area contributed by atoms with Crippen molar-refractivity contribution in [2.24, 2.45) is 0 Å². The van der Waals surface area contributed by atoms with Crippen LogP contribution in [0.15, 0.2) is 6.20 Å². The molecule has 0 amide bonds. The second-order valence-electron chi connectivity index (χ2n) is 4.00. The SMILES string of the molecule is Cc1ncc(-c2nnc3c(Cl)nc(C)c(C)n23)s1. The summed E-state index contributed by atoms with van der Waals surface area (Å²) in [5.74, 6) is 0.764. The Hall–Kier alpha value is -1.53. The van der Waals surface area contributed by atoms with Gasteiger partial charge in [-0.1, -0.05) is 11.6 Å². The Morgan fingerprint density at radius 3 is 2.67 bits per heavy atom. The van der Waals surface area contributed by atoms with Crippen molar-refractivity contribution in [2.45, 2.75) is 20.8 Å². The third-order valence-electron chi connectivity index (χ3n) is 2.81. The van der Waals surface area contributed by atoms with Crippen LogP contribution in [0, 0.1) is 20.8 Å². The van der Waals surface area contributed by atoms with Crippen LogP contribution < -0.4 is 0 Å². The molecule has 0 aromatic carbocycles. The average Bonchev–Trinajstić information content (AvgIpc) is 2.91. The fourth-order valence-electron chi connectivity index (χ4n) is 1.80. The van der Waals surface area contributed by atoms with Crippen molar-refractivity contribution in [3.63, 3.8) is 0 Å². The summed E-state index contributed by atoms with van der Waals surface area (Å²) in [6.07, 6.45) is 1.81. The summed E-state index contributed by atoms with van der Waals surface area (Å²) in [6, 6.07) is 0. The van der Waals surface area contributed by atoms with Gasteiger partial charge in [0.15, 0.2) is 16.6 Å². The third-order valence-corrected chi connectivity index (χ3v) is 3.98. The van der Waals surface area contributed by atoms with E-state index in [4.69, 9.17) is 11.6 Å². The molecule has 18 heavy (non-hydrogen) atoms. The topological polar surface area (TPSA) is 56.0 Å². The molecular weight excluding hydrogens is 270 g/mol. The summed E-state index contributed by atoms with van der Waals surface area (Å²) in [6.45, 7) is 5.86. The van der Waals surface area contributed by atoms with E-state index in [-0.39, 0.29) is 0 Å². The zero-order valence-electron chi connectivity index (χ0n) is 10.1. The molecule has 0 saturated carbocycles. The van der Waals surface area contributed by atoms with Gasteiger partial charge in [-0.3, -0.25) is 4.40 Å². The van der Waals surface area contributed by atoms with Crippen molar-refractivity contribution in [1.82, 2.24) is 24.6 Å². The number of aryl methyl sites for hydroxylation is 3. The van der Waals surface area contributed by atoms with E-state index in [0.29, 0.717) is 10.8 Å². The van der Waals surface area contributed by atoms with Crippen LogP contribution in [0.4, 0.5) is 0 Å². The first-order valence-corrected chi connectivity index (χ1v) is 6.58. The van der Waals surface area contributed by atoms with Gasteiger partial charge in [0, 0.05) is 11.9 Å². The lowest BCUT2D eigenvalue weighted by Gasteiger charge is -2.05. The predicted molar refractivity (Wildman–Crippen MR) is 71.1 cm³/mol. The van der Waals surface area contributed by atoms with E-state index in [0.717, 1.165) is 27.1 Å². The summed E-state index contributed by atoms with van der Waals surface area (Å²) in [5, 5.41) is 9.67. The van der Waals surface area contributed by atoms with E-state index in [1.165, 1.54) is 0 Å². The summed E-state index contributed by atoms with van der Waals surface area (Å²) in [4.78, 5) is 9.46. The van der Waals surface area contributed by atoms with Crippen LogP contribution in [0.25, 0.3) is 16.3 Å². The van der Waals surface area contributed by atoms with Gasteiger partial charge >= 0.3 is 0 Å². The summed E-state index contributed by atoms with van der Waals surface area (Å²) < 4.78 is 1.93. The first kappa shape index (κ1) is 11.6. The van der Waals surface area contributed by atoms with Crippen molar-refractivity contribution in [3.8, 4) is 10.7 Å². The van der Waals surface area contributed by atoms with Crippen LogP contribution in [-0.2, 0) is 0 Å². The number of hydrogen-bond acceptors (Lipinski definition) is 5. The molecule has 0 fully saturated rings. The molecule has 0 spiro atoms. The minimum atomic E-state index is 0.373. The zero-order valence-corrected chi connectivity index (χ0v) is 11.7. The molecule has 3 rings (SSSR count). The molecule has 0 N–H and O–H groups in total. The molecule has 0 radical (unpaired) electrons. The van der Waals surface area contributed by atoms with Gasteiger partial charge in [0.1, 0.15) is 0 Å². The predicted octanol–water partition coefficient (Wildman–Crippen LogP) is 2.83. The largest absolute Gasteiger partial charge is 0.274 e. The quantitative estimate of drug-likeness (QED) is 0.687. The Balaban J connectivity index is 2.38. The number of halogens is 1. The van der Waals surface area contributed by atoms with E-state index in [2.05, 4.69) is 20.2 Å². The Kier molecular flexibility index (Phi) is 2.57. The Labute approximate surface area is 112 Å². The molecule has 0 atom stereocenters. The van der Waals surface area contributed by atoms with Gasteiger partial charge in [-0.2, -0.15) is 0 Å². The molecule has 0 aliphatic carbocycles. The van der Waals surface area contributed by atoms with Crippen molar-refractivity contribution >= 4 is 28.6 Å². The molecule has 3 aromatic heterocycles. The standard InChI is InChI=1S/C11H10ClN5S/c1-5-6(2)17-10(8-4-13-7(3)18-8)15-16-11(17)9(12)14-5/h4H,1-3H3. The van der Waals surface area contributed by atoms with Crippen LogP contribution in [-0.4, -0.2) is 24.6 Å². The second kappa shape index (κ2) is 4.00. The lowest BCUT2D eigenvalue weighted by Crippen LogP contribution is -2.00. The fourth-order valence-corrected chi connectivity index (χ4v) is 2.80. The van der Waals surface area contributed by atoms with Crippen LogP contribution in [0.1, 0.15) is 16.4 Å². The van der Waals surface area contributed by atoms with E-state index < -0.39 is 0 Å². The number of hydrogen-bond donors (Lipinski definition) is 0. The normalized spacial score (nSPS) is 11.3. The van der Waals surface area contributed by atoms with Crippen molar-refractivity contribution in [3.05, 3.63) is 27.7 Å². The number of rotatable bonds is 1. The van der Waals surface area contributed by atoms with E-state index in [1.807, 2.05) is 25.2 Å². The van der Waals surface area contributed by atoms with E-state index in [9.17, 15) is 0 Å². The van der Waals surface area contributed by atoms with E-state index in [1.54, 1.807) is 17.5 Å².